The molecule has 7 heteroatoms. The Hall–Kier alpha value is -0.777. The van der Waals surface area contributed by atoms with Gasteiger partial charge in [-0.25, -0.2) is 4.98 Å². The Balaban J connectivity index is 0. The molecule has 1 atom stereocenters. The Morgan fingerprint density at radius 2 is 2.38 bits per heavy atom. The Bertz CT molecular complexity index is 239. The molecular weight excluding hydrogens is 225 g/mol. The van der Waals surface area contributed by atoms with Crippen LogP contribution in [-0.4, -0.2) is 27.1 Å². The van der Waals surface area contributed by atoms with Crippen LogP contribution in [0.4, 0.5) is 0 Å². The monoisotopic (exact) mass is 236 g/mol. The first-order valence-electron chi connectivity index (χ1n) is 3.16. The summed E-state index contributed by atoms with van der Waals surface area (Å²) in [6.45, 7) is 0. The summed E-state index contributed by atoms with van der Waals surface area (Å²) in [5, 5.41) is 8.42. The Morgan fingerprint density at radius 1 is 1.77 bits per heavy atom. The van der Waals surface area contributed by atoms with Gasteiger partial charge in [0.25, 0.3) is 0 Å². The molecule has 0 saturated heterocycles. The molecule has 1 aromatic heterocycles. The van der Waals surface area contributed by atoms with Crippen molar-refractivity contribution in [2.75, 3.05) is 0 Å². The van der Waals surface area contributed by atoms with Crippen molar-refractivity contribution in [2.24, 2.45) is 5.73 Å². The summed E-state index contributed by atoms with van der Waals surface area (Å²) in [6, 6.07) is -0.851. The molecule has 0 aromatic carbocycles. The van der Waals surface area contributed by atoms with Gasteiger partial charge >= 0.3 is 5.97 Å². The molecule has 0 aliphatic rings. The molecule has 1 heterocycles. The molecule has 6 nitrogen and oxygen atoms in total. The number of carboxylic acid groups (broad SMARTS) is 1. The summed E-state index contributed by atoms with van der Waals surface area (Å²) in [6.07, 6.45) is 3.34. The van der Waals surface area contributed by atoms with Gasteiger partial charge in [0.1, 0.15) is 6.04 Å². The number of nitrogens with two attached hydrogens (primary N) is 1. The number of H-pyrrole nitrogens is 1. The van der Waals surface area contributed by atoms with Crippen LogP contribution in [0, 0.1) is 0 Å². The second-order valence-corrected chi connectivity index (χ2v) is 2.23. The van der Waals surface area contributed by atoms with Gasteiger partial charge in [-0.05, 0) is 0 Å². The second kappa shape index (κ2) is 6.71. The van der Waals surface area contributed by atoms with Gasteiger partial charge in [0, 0.05) is 37.8 Å². The molecule has 0 saturated carbocycles. The number of rotatable bonds is 3. The van der Waals surface area contributed by atoms with Crippen LogP contribution < -0.4 is 11.9 Å². The molecule has 0 aliphatic carbocycles. The molecule has 0 fully saturated rings. The van der Waals surface area contributed by atoms with Gasteiger partial charge in [0.05, 0.1) is 6.33 Å². The van der Waals surface area contributed by atoms with Gasteiger partial charge in [0.2, 0.25) is 0 Å². The number of hydrogen-bond acceptors (Lipinski definition) is 4. The zero-order chi connectivity index (χ0) is 8.27. The fraction of sp³-hybridized carbons (Fsp3) is 0.333. The van der Waals surface area contributed by atoms with E-state index in [1.807, 2.05) is 0 Å². The van der Waals surface area contributed by atoms with Crippen molar-refractivity contribution in [1.29, 1.82) is 0 Å². The molecule has 7 N–H and O–H groups in total. The van der Waals surface area contributed by atoms with E-state index in [9.17, 15) is 4.79 Å². The molecule has 0 spiro atoms. The number of nitrogens with one attached hydrogen (secondary N) is 1. The van der Waals surface area contributed by atoms with Crippen molar-refractivity contribution in [3.63, 3.8) is 0 Å². The van der Waals surface area contributed by atoms with Gasteiger partial charge in [-0.15, -0.1) is 0 Å². The molecule has 0 unspecified atom stereocenters. The predicted octanol–water partition coefficient (Wildman–Crippen LogP) is -0.476. The smallest absolute Gasteiger partial charge is 0.320 e. The van der Waals surface area contributed by atoms with E-state index in [0.717, 1.165) is 5.69 Å². The van der Waals surface area contributed by atoms with Crippen molar-refractivity contribution in [3.05, 3.63) is 18.2 Å². The van der Waals surface area contributed by atoms with Crippen LogP contribution in [-0.2, 0) is 30.7 Å². The fourth-order valence-corrected chi connectivity index (χ4v) is 0.721. The summed E-state index contributed by atoms with van der Waals surface area (Å²) >= 11 is 0. The maximum absolute atomic E-state index is 10.3. The molecule has 1 rings (SSSR count). The minimum atomic E-state index is -1.00. The average Bonchev–Trinajstić information content (AvgIpc) is 2.39. The number of aliphatic carboxylic acids is 1. The summed E-state index contributed by atoms with van der Waals surface area (Å²) < 4.78 is 0. The first-order valence-corrected chi connectivity index (χ1v) is 3.16. The molecule has 0 amide bonds. The van der Waals surface area contributed by atoms with Crippen molar-refractivity contribution in [2.45, 2.75) is 12.5 Å². The van der Waals surface area contributed by atoms with E-state index >= 15 is 0 Å². The summed E-state index contributed by atoms with van der Waals surface area (Å²) in [5.74, 6) is -1.00. The van der Waals surface area contributed by atoms with E-state index in [1.165, 1.54) is 6.33 Å². The van der Waals surface area contributed by atoms with Crippen molar-refractivity contribution >= 4 is 5.97 Å². The van der Waals surface area contributed by atoms with E-state index in [1.54, 1.807) is 6.20 Å². The first-order chi connectivity index (χ1) is 5.20. The largest absolute Gasteiger partial charge is 0.480 e. The Kier molecular flexibility index (Phi) is 7.60. The zero-order valence-electron chi connectivity index (χ0n) is 7.23. The third kappa shape index (κ3) is 4.72. The van der Waals surface area contributed by atoms with E-state index in [4.69, 9.17) is 10.8 Å². The van der Waals surface area contributed by atoms with Crippen LogP contribution in [0.25, 0.3) is 0 Å². The number of imidazole rings is 1. The van der Waals surface area contributed by atoms with Crippen LogP contribution in [0.3, 0.4) is 0 Å². The van der Waals surface area contributed by atoms with Gasteiger partial charge in [-0.2, -0.15) is 0 Å². The average molecular weight is 238 g/mol. The van der Waals surface area contributed by atoms with Crippen LogP contribution >= 0.6 is 0 Å². The van der Waals surface area contributed by atoms with Gasteiger partial charge < -0.3 is 22.0 Å². The molecule has 0 radical (unpaired) electrons. The van der Waals surface area contributed by atoms with E-state index in [2.05, 4.69) is 9.97 Å². The number of hydrogen-bond donors (Lipinski definition) is 4. The van der Waals surface area contributed by atoms with E-state index < -0.39 is 12.0 Å². The maximum atomic E-state index is 10.3. The molecule has 70 valence electrons. The normalized spacial score (nSPS) is 10.8. The fourth-order valence-electron chi connectivity index (χ4n) is 0.721. The SMILES string of the molecule is N.N[C@@H](Cc1cnc[nH]1)C(=O)O.[Zn]. The van der Waals surface area contributed by atoms with Gasteiger partial charge in [-0.3, -0.25) is 4.79 Å². The number of aromatic nitrogens is 2. The topological polar surface area (TPSA) is 127 Å². The number of carbonyl (C=O) groups is 1. The first kappa shape index (κ1) is 14.7. The van der Waals surface area contributed by atoms with Crippen molar-refractivity contribution < 1.29 is 29.4 Å². The molecular formula is C6H12N4O2Zn. The van der Waals surface area contributed by atoms with Crippen LogP contribution in [0.5, 0.6) is 0 Å². The molecule has 1 aromatic rings. The summed E-state index contributed by atoms with van der Waals surface area (Å²) in [7, 11) is 0. The number of nitrogens with zero attached hydrogens (tertiary/aromatic N) is 1. The van der Waals surface area contributed by atoms with Gasteiger partial charge in [0.15, 0.2) is 0 Å². The van der Waals surface area contributed by atoms with Crippen molar-refractivity contribution in [3.8, 4) is 0 Å². The van der Waals surface area contributed by atoms with Crippen LogP contribution in [0.1, 0.15) is 5.69 Å². The molecule has 13 heavy (non-hydrogen) atoms. The number of aromatic amines is 1. The maximum Gasteiger partial charge on any atom is 0.320 e. The van der Waals surface area contributed by atoms with Crippen LogP contribution in [0.2, 0.25) is 0 Å². The second-order valence-electron chi connectivity index (χ2n) is 2.23. The zero-order valence-corrected chi connectivity index (χ0v) is 10.2. The quantitative estimate of drug-likeness (QED) is 0.528. The standard InChI is InChI=1S/C6H9N3O2.H3N.Zn/c7-5(6(10)11)1-4-2-8-3-9-4;;/h2-3,5H,1,7H2,(H,8,9)(H,10,11);1H3;/t5-;;/m0../s1. The van der Waals surface area contributed by atoms with E-state index in [0.29, 0.717) is 0 Å². The molecule has 0 bridgehead atoms. The summed E-state index contributed by atoms with van der Waals surface area (Å²) in [5.41, 5.74) is 6.00. The van der Waals surface area contributed by atoms with E-state index in [-0.39, 0.29) is 32.0 Å². The summed E-state index contributed by atoms with van der Waals surface area (Å²) in [4.78, 5) is 16.8. The van der Waals surface area contributed by atoms with Crippen molar-refractivity contribution in [1.82, 2.24) is 16.1 Å². The third-order valence-corrected chi connectivity index (χ3v) is 1.31. The van der Waals surface area contributed by atoms with Gasteiger partial charge in [-0.1, -0.05) is 0 Å². The third-order valence-electron chi connectivity index (χ3n) is 1.31. The minimum absolute atomic E-state index is 0. The molecule has 0 aliphatic heterocycles. The Labute approximate surface area is 88.3 Å². The number of carboxylic acids is 1. The predicted molar refractivity (Wildman–Crippen MR) is 42.9 cm³/mol. The Morgan fingerprint density at radius 3 is 2.77 bits per heavy atom. The minimum Gasteiger partial charge on any atom is -0.480 e. The van der Waals surface area contributed by atoms with Crippen LogP contribution in [0.15, 0.2) is 12.5 Å².